The molecule has 2 N–H and O–H groups in total. The van der Waals surface area contributed by atoms with Crippen LogP contribution in [-0.2, 0) is 0 Å². The van der Waals surface area contributed by atoms with E-state index in [9.17, 15) is 4.39 Å². The average Bonchev–Trinajstić information content (AvgIpc) is 3.04. The quantitative estimate of drug-likeness (QED) is 0.410. The predicted molar refractivity (Wildman–Crippen MR) is 107 cm³/mol. The molecule has 0 bridgehead atoms. The summed E-state index contributed by atoms with van der Waals surface area (Å²) in [5.74, 6) is 1.57. The number of hydrogen-bond donors (Lipinski definition) is 1. The van der Waals surface area contributed by atoms with Crippen LogP contribution in [0.1, 0.15) is 11.6 Å². The number of halogens is 2. The maximum atomic E-state index is 13.5. The van der Waals surface area contributed by atoms with Crippen LogP contribution in [-0.4, -0.2) is 53.6 Å². The van der Waals surface area contributed by atoms with Crippen LogP contribution in [0.15, 0.2) is 41.7 Å². The molecule has 0 aliphatic carbocycles. The standard InChI is InChI=1S/C17H19FN6O.HI/c18-12-2-3-15-13(10-12)14(11-25-15)22-16(19)23-6-8-24(9-7-23)17-20-4-1-5-21-17;/h1-5,10,14H,6-9,11H2,(H2,19,22);1H. The number of hydrogen-bond acceptors (Lipinski definition) is 5. The highest BCUT2D eigenvalue weighted by atomic mass is 127. The second-order valence-corrected chi connectivity index (χ2v) is 6.02. The van der Waals surface area contributed by atoms with Crippen molar-refractivity contribution in [3.8, 4) is 5.75 Å². The molecule has 138 valence electrons. The van der Waals surface area contributed by atoms with Gasteiger partial charge < -0.3 is 20.3 Å². The molecule has 0 saturated carbocycles. The summed E-state index contributed by atoms with van der Waals surface area (Å²) in [6, 6.07) is 6.03. The summed E-state index contributed by atoms with van der Waals surface area (Å²) in [6.07, 6.45) is 3.47. The van der Waals surface area contributed by atoms with Gasteiger partial charge in [-0.3, -0.25) is 0 Å². The van der Waals surface area contributed by atoms with Gasteiger partial charge in [-0.15, -0.1) is 24.0 Å². The molecule has 0 radical (unpaired) electrons. The molecule has 1 unspecified atom stereocenters. The highest BCUT2D eigenvalue weighted by Crippen LogP contribution is 2.35. The largest absolute Gasteiger partial charge is 0.491 e. The normalized spacial score (nSPS) is 19.6. The molecule has 2 aliphatic heterocycles. The first-order chi connectivity index (χ1) is 12.2. The van der Waals surface area contributed by atoms with Gasteiger partial charge in [0, 0.05) is 44.1 Å². The first-order valence-corrected chi connectivity index (χ1v) is 8.23. The van der Waals surface area contributed by atoms with E-state index in [1.165, 1.54) is 12.1 Å². The van der Waals surface area contributed by atoms with E-state index in [0.717, 1.165) is 37.7 Å². The number of anilines is 1. The number of nitrogens with zero attached hydrogens (tertiary/aromatic N) is 5. The summed E-state index contributed by atoms with van der Waals surface area (Å²) in [6.45, 7) is 3.39. The molecule has 3 heterocycles. The van der Waals surface area contributed by atoms with E-state index in [2.05, 4.69) is 19.9 Å². The van der Waals surface area contributed by atoms with Crippen molar-refractivity contribution in [2.45, 2.75) is 6.04 Å². The zero-order valence-electron chi connectivity index (χ0n) is 14.1. The lowest BCUT2D eigenvalue weighted by molar-refractivity contribution is 0.329. The Morgan fingerprint density at radius 2 is 1.92 bits per heavy atom. The summed E-state index contributed by atoms with van der Waals surface area (Å²) >= 11 is 0. The number of aromatic nitrogens is 2. The van der Waals surface area contributed by atoms with Crippen LogP contribution in [0.25, 0.3) is 0 Å². The van der Waals surface area contributed by atoms with E-state index in [1.807, 2.05) is 4.90 Å². The van der Waals surface area contributed by atoms with Gasteiger partial charge in [0.1, 0.15) is 24.2 Å². The number of fused-ring (bicyclic) bond motifs is 1. The number of guanidine groups is 1. The minimum absolute atomic E-state index is 0. The summed E-state index contributed by atoms with van der Waals surface area (Å²) in [5, 5.41) is 0. The van der Waals surface area contributed by atoms with E-state index < -0.39 is 0 Å². The maximum Gasteiger partial charge on any atom is 0.225 e. The molecule has 1 saturated heterocycles. The Hall–Kier alpha value is -2.17. The molecule has 4 rings (SSSR count). The third kappa shape index (κ3) is 3.81. The van der Waals surface area contributed by atoms with Crippen molar-refractivity contribution in [2.24, 2.45) is 10.7 Å². The number of rotatable bonds is 2. The third-order valence-electron chi connectivity index (χ3n) is 4.45. The van der Waals surface area contributed by atoms with Crippen LogP contribution in [0.5, 0.6) is 5.75 Å². The van der Waals surface area contributed by atoms with Crippen molar-refractivity contribution >= 4 is 35.9 Å². The van der Waals surface area contributed by atoms with Crippen molar-refractivity contribution in [3.05, 3.63) is 48.0 Å². The number of nitrogens with two attached hydrogens (primary N) is 1. The Morgan fingerprint density at radius 3 is 2.65 bits per heavy atom. The maximum absolute atomic E-state index is 13.5. The van der Waals surface area contributed by atoms with Gasteiger partial charge in [-0.05, 0) is 24.3 Å². The van der Waals surface area contributed by atoms with E-state index in [1.54, 1.807) is 24.5 Å². The molecule has 2 aliphatic rings. The minimum atomic E-state index is -0.292. The van der Waals surface area contributed by atoms with Crippen molar-refractivity contribution < 1.29 is 9.13 Å². The van der Waals surface area contributed by atoms with E-state index in [0.29, 0.717) is 18.3 Å². The fourth-order valence-corrected chi connectivity index (χ4v) is 3.11. The number of benzene rings is 1. The van der Waals surface area contributed by atoms with Gasteiger partial charge in [0.05, 0.1) is 0 Å². The van der Waals surface area contributed by atoms with Crippen LogP contribution >= 0.6 is 24.0 Å². The second-order valence-electron chi connectivity index (χ2n) is 6.02. The Labute approximate surface area is 168 Å². The van der Waals surface area contributed by atoms with Gasteiger partial charge in [0.2, 0.25) is 5.95 Å². The van der Waals surface area contributed by atoms with Crippen molar-refractivity contribution in [1.29, 1.82) is 0 Å². The molecule has 1 atom stereocenters. The van der Waals surface area contributed by atoms with Crippen LogP contribution in [0.2, 0.25) is 0 Å². The summed E-state index contributed by atoms with van der Waals surface area (Å²) in [7, 11) is 0. The Morgan fingerprint density at radius 1 is 1.19 bits per heavy atom. The Balaban J connectivity index is 0.00000196. The number of piperazine rings is 1. The van der Waals surface area contributed by atoms with Crippen molar-refractivity contribution in [2.75, 3.05) is 37.7 Å². The highest BCUT2D eigenvalue weighted by molar-refractivity contribution is 14.0. The molecule has 26 heavy (non-hydrogen) atoms. The second kappa shape index (κ2) is 8.02. The molecule has 1 fully saturated rings. The summed E-state index contributed by atoms with van der Waals surface area (Å²) in [5.41, 5.74) is 6.93. The SMILES string of the molecule is I.NC(=NC1COc2ccc(F)cc21)N1CCN(c2ncccn2)CC1. The number of aliphatic imine (C=N–C) groups is 1. The molecule has 7 nitrogen and oxygen atoms in total. The summed E-state index contributed by atoms with van der Waals surface area (Å²) in [4.78, 5) is 17.2. The molecular formula is C17H20FIN6O. The fraction of sp³-hybridized carbons (Fsp3) is 0.353. The zero-order chi connectivity index (χ0) is 17.2. The highest BCUT2D eigenvalue weighted by Gasteiger charge is 2.26. The third-order valence-corrected chi connectivity index (χ3v) is 4.45. The van der Waals surface area contributed by atoms with Crippen LogP contribution in [0, 0.1) is 5.82 Å². The molecule has 1 aromatic heterocycles. The minimum Gasteiger partial charge on any atom is -0.491 e. The van der Waals surface area contributed by atoms with Gasteiger partial charge in [-0.25, -0.2) is 19.4 Å². The lowest BCUT2D eigenvalue weighted by Gasteiger charge is -2.35. The first-order valence-electron chi connectivity index (χ1n) is 8.23. The lowest BCUT2D eigenvalue weighted by Crippen LogP contribution is -2.51. The number of ether oxygens (including phenoxy) is 1. The van der Waals surface area contributed by atoms with Gasteiger partial charge in [0.15, 0.2) is 5.96 Å². The first kappa shape index (κ1) is 18.6. The van der Waals surface area contributed by atoms with Gasteiger partial charge in [-0.1, -0.05) is 0 Å². The summed E-state index contributed by atoms with van der Waals surface area (Å²) < 4.78 is 19.0. The van der Waals surface area contributed by atoms with Crippen molar-refractivity contribution in [3.63, 3.8) is 0 Å². The molecule has 9 heteroatoms. The monoisotopic (exact) mass is 470 g/mol. The Bertz CT molecular complexity index is 782. The van der Waals surface area contributed by atoms with Gasteiger partial charge in [0.25, 0.3) is 0 Å². The fourth-order valence-electron chi connectivity index (χ4n) is 3.11. The van der Waals surface area contributed by atoms with E-state index in [4.69, 9.17) is 10.5 Å². The molecule has 1 aromatic carbocycles. The molecule has 2 aromatic rings. The van der Waals surface area contributed by atoms with Crippen molar-refractivity contribution in [1.82, 2.24) is 14.9 Å². The topological polar surface area (TPSA) is 79.9 Å². The molecule has 0 amide bonds. The van der Waals surface area contributed by atoms with Crippen LogP contribution in [0.3, 0.4) is 0 Å². The predicted octanol–water partition coefficient (Wildman–Crippen LogP) is 1.80. The van der Waals surface area contributed by atoms with Gasteiger partial charge in [-0.2, -0.15) is 0 Å². The molecule has 0 spiro atoms. The van der Waals surface area contributed by atoms with Crippen LogP contribution in [0.4, 0.5) is 10.3 Å². The molecular weight excluding hydrogens is 450 g/mol. The Kier molecular flexibility index (Phi) is 5.74. The van der Waals surface area contributed by atoms with E-state index >= 15 is 0 Å². The average molecular weight is 470 g/mol. The smallest absolute Gasteiger partial charge is 0.225 e. The lowest BCUT2D eigenvalue weighted by atomic mass is 10.1. The van der Waals surface area contributed by atoms with E-state index in [-0.39, 0.29) is 35.8 Å². The zero-order valence-corrected chi connectivity index (χ0v) is 16.4. The van der Waals surface area contributed by atoms with Crippen LogP contribution < -0.4 is 15.4 Å². The van der Waals surface area contributed by atoms with Gasteiger partial charge >= 0.3 is 0 Å².